The van der Waals surface area contributed by atoms with E-state index < -0.39 is 17.5 Å². The minimum absolute atomic E-state index is 0.0946. The van der Waals surface area contributed by atoms with E-state index in [1.165, 1.54) is 6.07 Å². The van der Waals surface area contributed by atoms with Gasteiger partial charge in [-0.3, -0.25) is 0 Å². The molecule has 1 unspecified atom stereocenters. The Balaban J connectivity index is 2.49. The maximum Gasteiger partial charge on any atom is 0.345 e. The van der Waals surface area contributed by atoms with Crippen LogP contribution in [0.15, 0.2) is 11.9 Å². The number of hydrogen-bond acceptors (Lipinski definition) is 2. The van der Waals surface area contributed by atoms with Gasteiger partial charge in [-0.15, -0.1) is 11.3 Å². The van der Waals surface area contributed by atoms with Crippen LogP contribution in [0.4, 0.5) is 8.78 Å². The SMILES string of the molecule is CC1(F)Cc2sc(C(=O)O)cc2C=C1F. The van der Waals surface area contributed by atoms with Gasteiger partial charge in [0.2, 0.25) is 0 Å². The zero-order valence-electron chi connectivity index (χ0n) is 7.88. The first-order valence-electron chi connectivity index (χ1n) is 4.33. The molecule has 1 aliphatic carbocycles. The Bertz CT molecular complexity index is 460. The van der Waals surface area contributed by atoms with Crippen molar-refractivity contribution in [3.05, 3.63) is 27.2 Å². The predicted molar refractivity (Wildman–Crippen MR) is 53.6 cm³/mol. The molecule has 1 atom stereocenters. The van der Waals surface area contributed by atoms with Crippen LogP contribution < -0.4 is 0 Å². The Kier molecular flexibility index (Phi) is 2.15. The fraction of sp³-hybridized carbons (Fsp3) is 0.300. The molecule has 0 saturated carbocycles. The molecule has 1 aliphatic rings. The number of thiophene rings is 1. The Morgan fingerprint density at radius 1 is 1.67 bits per heavy atom. The first kappa shape index (κ1) is 10.3. The lowest BCUT2D eigenvalue weighted by molar-refractivity contribution is 0.0702. The number of aromatic carboxylic acids is 1. The number of carbonyl (C=O) groups is 1. The molecule has 0 radical (unpaired) electrons. The highest BCUT2D eigenvalue weighted by atomic mass is 32.1. The van der Waals surface area contributed by atoms with Gasteiger partial charge in [-0.2, -0.15) is 0 Å². The van der Waals surface area contributed by atoms with E-state index in [1.807, 2.05) is 0 Å². The van der Waals surface area contributed by atoms with Crippen molar-refractivity contribution in [2.45, 2.75) is 19.0 Å². The van der Waals surface area contributed by atoms with Crippen LogP contribution in [0, 0.1) is 0 Å². The molecule has 0 saturated heterocycles. The maximum absolute atomic E-state index is 13.6. The predicted octanol–water partition coefficient (Wildman–Crippen LogP) is 3.04. The van der Waals surface area contributed by atoms with Crippen LogP contribution in [0.2, 0.25) is 0 Å². The zero-order chi connectivity index (χ0) is 11.2. The second-order valence-electron chi connectivity index (χ2n) is 3.66. The summed E-state index contributed by atoms with van der Waals surface area (Å²) in [6.07, 6.45) is 0.977. The van der Waals surface area contributed by atoms with Gasteiger partial charge in [-0.05, 0) is 24.6 Å². The van der Waals surface area contributed by atoms with Gasteiger partial charge in [0.25, 0.3) is 0 Å². The molecule has 80 valence electrons. The quantitative estimate of drug-likeness (QED) is 0.805. The number of alkyl halides is 1. The van der Waals surface area contributed by atoms with Crippen LogP contribution in [-0.2, 0) is 6.42 Å². The lowest BCUT2D eigenvalue weighted by atomic mass is 9.93. The van der Waals surface area contributed by atoms with Crippen molar-refractivity contribution in [2.75, 3.05) is 0 Å². The summed E-state index contributed by atoms with van der Waals surface area (Å²) >= 11 is 0.997. The van der Waals surface area contributed by atoms with Crippen LogP contribution in [0.25, 0.3) is 6.08 Å². The van der Waals surface area contributed by atoms with Gasteiger partial charge in [-0.1, -0.05) is 0 Å². The molecule has 2 nitrogen and oxygen atoms in total. The molecular formula is C10H8F2O2S. The van der Waals surface area contributed by atoms with Gasteiger partial charge < -0.3 is 5.11 Å². The molecule has 5 heteroatoms. The van der Waals surface area contributed by atoms with Crippen LogP contribution in [0.3, 0.4) is 0 Å². The summed E-state index contributed by atoms with van der Waals surface area (Å²) in [5.41, 5.74) is -1.53. The third kappa shape index (κ3) is 1.67. The summed E-state index contributed by atoms with van der Waals surface area (Å²) < 4.78 is 26.8. The monoisotopic (exact) mass is 230 g/mol. The summed E-state index contributed by atoms with van der Waals surface area (Å²) in [5, 5.41) is 8.73. The van der Waals surface area contributed by atoms with E-state index in [-0.39, 0.29) is 11.3 Å². The number of carboxylic acids is 1. The van der Waals surface area contributed by atoms with E-state index >= 15 is 0 Å². The Hall–Kier alpha value is -1.23. The molecule has 1 aromatic rings. The molecule has 0 spiro atoms. The molecule has 0 aliphatic heterocycles. The second kappa shape index (κ2) is 3.13. The first-order chi connectivity index (χ1) is 6.90. The lowest BCUT2D eigenvalue weighted by Gasteiger charge is -2.21. The number of allylic oxidation sites excluding steroid dienone is 1. The van der Waals surface area contributed by atoms with Crippen molar-refractivity contribution in [3.63, 3.8) is 0 Å². The number of halogens is 2. The Morgan fingerprint density at radius 2 is 2.33 bits per heavy atom. The van der Waals surface area contributed by atoms with E-state index in [9.17, 15) is 13.6 Å². The van der Waals surface area contributed by atoms with E-state index in [0.29, 0.717) is 10.4 Å². The third-order valence-electron chi connectivity index (χ3n) is 2.33. The van der Waals surface area contributed by atoms with Gasteiger partial charge in [0.1, 0.15) is 10.7 Å². The number of rotatable bonds is 1. The fourth-order valence-electron chi connectivity index (χ4n) is 1.48. The molecule has 1 heterocycles. The average molecular weight is 230 g/mol. The normalized spacial score (nSPS) is 24.6. The van der Waals surface area contributed by atoms with Gasteiger partial charge in [0.05, 0.1) is 0 Å². The van der Waals surface area contributed by atoms with Crippen molar-refractivity contribution >= 4 is 23.4 Å². The van der Waals surface area contributed by atoms with E-state index in [1.54, 1.807) is 0 Å². The van der Waals surface area contributed by atoms with Crippen LogP contribution >= 0.6 is 11.3 Å². The highest BCUT2D eigenvalue weighted by molar-refractivity contribution is 7.14. The average Bonchev–Trinajstić information content (AvgIpc) is 2.47. The molecule has 1 N–H and O–H groups in total. The fourth-order valence-corrected chi connectivity index (χ4v) is 2.60. The molecule has 2 rings (SSSR count). The van der Waals surface area contributed by atoms with Crippen molar-refractivity contribution in [2.24, 2.45) is 0 Å². The summed E-state index contributed by atoms with van der Waals surface area (Å²) in [7, 11) is 0. The van der Waals surface area contributed by atoms with Crippen molar-refractivity contribution in [1.29, 1.82) is 0 Å². The highest BCUT2D eigenvalue weighted by Gasteiger charge is 2.35. The molecular weight excluding hydrogens is 222 g/mol. The zero-order valence-corrected chi connectivity index (χ0v) is 8.70. The third-order valence-corrected chi connectivity index (χ3v) is 3.46. The Labute approximate surface area is 88.9 Å². The summed E-state index contributed by atoms with van der Waals surface area (Å²) in [5.74, 6) is -1.91. The number of fused-ring (bicyclic) bond motifs is 1. The van der Waals surface area contributed by atoms with Crippen molar-refractivity contribution < 1.29 is 18.7 Å². The molecule has 1 aromatic heterocycles. The molecule has 0 amide bonds. The minimum Gasteiger partial charge on any atom is -0.477 e. The molecule has 0 bridgehead atoms. The molecule has 0 fully saturated rings. The Morgan fingerprint density at radius 3 is 2.93 bits per heavy atom. The van der Waals surface area contributed by atoms with Crippen LogP contribution in [-0.4, -0.2) is 16.7 Å². The molecule has 0 aromatic carbocycles. The van der Waals surface area contributed by atoms with E-state index in [4.69, 9.17) is 5.11 Å². The number of hydrogen-bond donors (Lipinski definition) is 1. The summed E-state index contributed by atoms with van der Waals surface area (Å²) in [4.78, 5) is 11.4. The maximum atomic E-state index is 13.6. The lowest BCUT2D eigenvalue weighted by Crippen LogP contribution is -2.24. The van der Waals surface area contributed by atoms with Gasteiger partial charge in [-0.25, -0.2) is 13.6 Å². The van der Waals surface area contributed by atoms with Crippen molar-refractivity contribution in [3.8, 4) is 0 Å². The topological polar surface area (TPSA) is 37.3 Å². The smallest absolute Gasteiger partial charge is 0.345 e. The van der Waals surface area contributed by atoms with Gasteiger partial charge in [0.15, 0.2) is 5.67 Å². The van der Waals surface area contributed by atoms with Crippen LogP contribution in [0.1, 0.15) is 27.0 Å². The first-order valence-corrected chi connectivity index (χ1v) is 5.14. The summed E-state index contributed by atoms with van der Waals surface area (Å²) in [6.45, 7) is 1.15. The highest BCUT2D eigenvalue weighted by Crippen LogP contribution is 2.39. The largest absolute Gasteiger partial charge is 0.477 e. The van der Waals surface area contributed by atoms with E-state index in [2.05, 4.69) is 0 Å². The molecule has 15 heavy (non-hydrogen) atoms. The van der Waals surface area contributed by atoms with Gasteiger partial charge in [0, 0.05) is 11.3 Å². The van der Waals surface area contributed by atoms with E-state index in [0.717, 1.165) is 24.3 Å². The van der Waals surface area contributed by atoms with Gasteiger partial charge >= 0.3 is 5.97 Å². The minimum atomic E-state index is -2.01. The summed E-state index contributed by atoms with van der Waals surface area (Å²) in [6, 6.07) is 1.37. The number of carboxylic acid groups (broad SMARTS) is 1. The second-order valence-corrected chi connectivity index (χ2v) is 4.80. The van der Waals surface area contributed by atoms with Crippen molar-refractivity contribution in [1.82, 2.24) is 0 Å². The standard InChI is InChI=1S/C10H8F2O2S/c1-10(12)4-7-5(3-8(10)11)2-6(15-7)9(13)14/h2-3H,4H2,1H3,(H,13,14). The van der Waals surface area contributed by atoms with Crippen LogP contribution in [0.5, 0.6) is 0 Å².